The molecular formula is C27H40NO3+. The molecule has 31 heavy (non-hydrogen) atoms. The lowest BCUT2D eigenvalue weighted by molar-refractivity contribution is -0.671. The summed E-state index contributed by atoms with van der Waals surface area (Å²) in [5.41, 5.74) is 2.77. The zero-order chi connectivity index (χ0) is 22.3. The number of rotatable bonds is 10. The topological polar surface area (TPSA) is 44.3 Å². The maximum atomic E-state index is 6.14. The van der Waals surface area contributed by atoms with Crippen LogP contribution in [0, 0.1) is 5.92 Å². The van der Waals surface area contributed by atoms with E-state index in [2.05, 4.69) is 81.5 Å². The van der Waals surface area contributed by atoms with Gasteiger partial charge in [0.15, 0.2) is 0 Å². The van der Waals surface area contributed by atoms with E-state index in [1.807, 2.05) is 0 Å². The van der Waals surface area contributed by atoms with Gasteiger partial charge in [-0.3, -0.25) is 0 Å². The Kier molecular flexibility index (Phi) is 8.39. The van der Waals surface area contributed by atoms with Crippen molar-refractivity contribution < 1.29 is 19.5 Å². The van der Waals surface area contributed by atoms with Crippen LogP contribution >= 0.6 is 0 Å². The molecule has 2 aromatic rings. The van der Waals surface area contributed by atoms with Gasteiger partial charge in [-0.2, -0.15) is 0 Å². The molecule has 3 rings (SSSR count). The van der Waals surface area contributed by atoms with E-state index in [1.54, 1.807) is 7.11 Å². The van der Waals surface area contributed by atoms with Crippen molar-refractivity contribution in [3.8, 4) is 11.5 Å². The van der Waals surface area contributed by atoms with Crippen LogP contribution < -0.4 is 14.8 Å². The van der Waals surface area contributed by atoms with E-state index in [-0.39, 0.29) is 11.5 Å². The highest BCUT2D eigenvalue weighted by Crippen LogP contribution is 2.44. The Labute approximate surface area is 188 Å². The van der Waals surface area contributed by atoms with Crippen molar-refractivity contribution in [2.45, 2.75) is 71.1 Å². The number of ether oxygens (including phenoxy) is 3. The molecule has 170 valence electrons. The fraction of sp³-hybridized carbons (Fsp3) is 0.556. The van der Waals surface area contributed by atoms with Crippen molar-refractivity contribution in [2.75, 3.05) is 20.3 Å². The van der Waals surface area contributed by atoms with Gasteiger partial charge in [-0.15, -0.1) is 0 Å². The van der Waals surface area contributed by atoms with Gasteiger partial charge in [0, 0.05) is 29.6 Å². The number of methoxy groups -OCH3 is 1. The molecule has 2 N–H and O–H groups in total. The molecule has 0 spiro atoms. The van der Waals surface area contributed by atoms with E-state index in [9.17, 15) is 0 Å². The van der Waals surface area contributed by atoms with Gasteiger partial charge in [0.25, 0.3) is 0 Å². The molecule has 0 bridgehead atoms. The van der Waals surface area contributed by atoms with Gasteiger partial charge >= 0.3 is 0 Å². The van der Waals surface area contributed by atoms with Crippen LogP contribution in [0.25, 0.3) is 0 Å². The highest BCUT2D eigenvalue weighted by molar-refractivity contribution is 5.40. The predicted molar refractivity (Wildman–Crippen MR) is 126 cm³/mol. The largest absolute Gasteiger partial charge is 0.496 e. The van der Waals surface area contributed by atoms with Gasteiger partial charge in [-0.05, 0) is 62.9 Å². The van der Waals surface area contributed by atoms with Crippen molar-refractivity contribution in [3.63, 3.8) is 0 Å². The Hall–Kier alpha value is -2.04. The Morgan fingerprint density at radius 3 is 2.48 bits per heavy atom. The van der Waals surface area contributed by atoms with Gasteiger partial charge in [-0.1, -0.05) is 32.0 Å². The van der Waals surface area contributed by atoms with Crippen LogP contribution in [0.15, 0.2) is 48.5 Å². The first-order valence-electron chi connectivity index (χ1n) is 11.8. The zero-order valence-corrected chi connectivity index (χ0v) is 19.9. The molecule has 4 heteroatoms. The van der Waals surface area contributed by atoms with E-state index >= 15 is 0 Å². The standard InChI is InChI=1S/C27H39NO3/c1-20(2)26-18-27(15-17-30-26,24-8-6-7-9-25(24)29-5)14-16-28-19-22-10-12-23(13-11-22)31-21(3)4/h6-13,20-21,26,28H,14-19H2,1-5H3/p+1/t26-,27+/m0/s1. The molecule has 0 unspecified atom stereocenters. The number of hydrogen-bond acceptors (Lipinski definition) is 3. The van der Waals surface area contributed by atoms with Crippen LogP contribution in [0.1, 0.15) is 58.1 Å². The smallest absolute Gasteiger partial charge is 0.122 e. The number of nitrogens with two attached hydrogens (primary N) is 1. The first-order chi connectivity index (χ1) is 14.9. The van der Waals surface area contributed by atoms with Gasteiger partial charge in [0.2, 0.25) is 0 Å². The van der Waals surface area contributed by atoms with E-state index in [4.69, 9.17) is 14.2 Å². The number of benzene rings is 2. The van der Waals surface area contributed by atoms with E-state index in [1.165, 1.54) is 11.1 Å². The second-order valence-electron chi connectivity index (χ2n) is 9.43. The minimum Gasteiger partial charge on any atom is -0.496 e. The van der Waals surface area contributed by atoms with Crippen LogP contribution in [0.4, 0.5) is 0 Å². The van der Waals surface area contributed by atoms with Crippen molar-refractivity contribution >= 4 is 0 Å². The second-order valence-corrected chi connectivity index (χ2v) is 9.43. The molecular weight excluding hydrogens is 386 g/mol. The summed E-state index contributed by atoms with van der Waals surface area (Å²) in [6.45, 7) is 11.5. The Morgan fingerprint density at radius 1 is 1.06 bits per heavy atom. The third-order valence-corrected chi connectivity index (χ3v) is 6.43. The van der Waals surface area contributed by atoms with Crippen molar-refractivity contribution in [2.24, 2.45) is 5.92 Å². The van der Waals surface area contributed by atoms with Gasteiger partial charge < -0.3 is 19.5 Å². The van der Waals surface area contributed by atoms with E-state index in [0.29, 0.717) is 12.0 Å². The quantitative estimate of drug-likeness (QED) is 0.560. The highest BCUT2D eigenvalue weighted by atomic mass is 16.5. The van der Waals surface area contributed by atoms with Gasteiger partial charge in [0.05, 0.1) is 25.9 Å². The van der Waals surface area contributed by atoms with Gasteiger partial charge in [0.1, 0.15) is 18.0 Å². The normalized spacial score (nSPS) is 21.5. The Morgan fingerprint density at radius 2 is 1.81 bits per heavy atom. The molecule has 0 aromatic heterocycles. The Balaban J connectivity index is 1.67. The van der Waals surface area contributed by atoms with Crippen LogP contribution in [0.2, 0.25) is 0 Å². The minimum atomic E-state index is 0.102. The summed E-state index contributed by atoms with van der Waals surface area (Å²) in [5.74, 6) is 2.47. The molecule has 1 saturated heterocycles. The predicted octanol–water partition coefficient (Wildman–Crippen LogP) is 4.71. The third-order valence-electron chi connectivity index (χ3n) is 6.43. The molecule has 1 aliphatic heterocycles. The van der Waals surface area contributed by atoms with Crippen molar-refractivity contribution in [3.05, 3.63) is 59.7 Å². The average molecular weight is 427 g/mol. The molecule has 4 nitrogen and oxygen atoms in total. The minimum absolute atomic E-state index is 0.102. The summed E-state index contributed by atoms with van der Waals surface area (Å²) in [5, 5.41) is 2.43. The molecule has 0 saturated carbocycles. The fourth-order valence-corrected chi connectivity index (χ4v) is 4.69. The molecule has 1 heterocycles. The fourth-order valence-electron chi connectivity index (χ4n) is 4.69. The first kappa shape index (κ1) is 23.6. The van der Waals surface area contributed by atoms with Gasteiger partial charge in [-0.25, -0.2) is 0 Å². The number of para-hydroxylation sites is 1. The van der Waals surface area contributed by atoms with E-state index < -0.39 is 0 Å². The lowest BCUT2D eigenvalue weighted by Crippen LogP contribution is -2.83. The maximum Gasteiger partial charge on any atom is 0.122 e. The molecule has 0 aliphatic carbocycles. The summed E-state index contributed by atoms with van der Waals surface area (Å²) in [6.07, 6.45) is 3.73. The molecule has 0 radical (unpaired) electrons. The van der Waals surface area contributed by atoms with Crippen molar-refractivity contribution in [1.82, 2.24) is 0 Å². The molecule has 2 aromatic carbocycles. The van der Waals surface area contributed by atoms with Crippen molar-refractivity contribution in [1.29, 1.82) is 0 Å². The zero-order valence-electron chi connectivity index (χ0n) is 19.9. The summed E-state index contributed by atoms with van der Waals surface area (Å²) in [4.78, 5) is 0. The van der Waals surface area contributed by atoms with Crippen LogP contribution in [0.3, 0.4) is 0 Å². The summed E-state index contributed by atoms with van der Waals surface area (Å²) < 4.78 is 17.7. The highest BCUT2D eigenvalue weighted by Gasteiger charge is 2.41. The summed E-state index contributed by atoms with van der Waals surface area (Å²) in [7, 11) is 1.78. The lowest BCUT2D eigenvalue weighted by atomic mass is 9.68. The average Bonchev–Trinajstić information content (AvgIpc) is 2.77. The second kappa shape index (κ2) is 11.0. The Bertz CT molecular complexity index is 802. The maximum absolute atomic E-state index is 6.14. The monoisotopic (exact) mass is 426 g/mol. The van der Waals surface area contributed by atoms with E-state index in [0.717, 1.165) is 50.5 Å². The number of hydrogen-bond donors (Lipinski definition) is 1. The van der Waals surface area contributed by atoms with Crippen LogP contribution in [-0.4, -0.2) is 32.5 Å². The lowest BCUT2D eigenvalue weighted by Gasteiger charge is -2.43. The summed E-state index contributed by atoms with van der Waals surface area (Å²) >= 11 is 0. The molecule has 2 atom stereocenters. The molecule has 0 amide bonds. The molecule has 1 fully saturated rings. The van der Waals surface area contributed by atoms with Crippen LogP contribution in [-0.2, 0) is 16.7 Å². The SMILES string of the molecule is COc1ccccc1[C@]1(CC[NH2+]Cc2ccc(OC(C)C)cc2)CCO[C@H](C(C)C)C1. The number of quaternary nitrogens is 1. The summed E-state index contributed by atoms with van der Waals surface area (Å²) in [6, 6.07) is 17.1. The van der Waals surface area contributed by atoms with Crippen LogP contribution in [0.5, 0.6) is 11.5 Å². The molecule has 1 aliphatic rings. The first-order valence-corrected chi connectivity index (χ1v) is 11.8. The third kappa shape index (κ3) is 6.24.